The molecule has 3 N–H and O–H groups in total. The summed E-state index contributed by atoms with van der Waals surface area (Å²) in [5.74, 6) is 1.19. The molecule has 33 heavy (non-hydrogen) atoms. The van der Waals surface area contributed by atoms with Gasteiger partial charge in [0.25, 0.3) is 0 Å². The Morgan fingerprint density at radius 3 is 1.79 bits per heavy atom. The third kappa shape index (κ3) is 9.20. The zero-order valence-corrected chi connectivity index (χ0v) is 24.3. The average molecular weight is 622 g/mol. The van der Waals surface area contributed by atoms with E-state index in [2.05, 4.69) is 47.1 Å². The molecule has 10 heteroatoms. The van der Waals surface area contributed by atoms with Crippen LogP contribution in [0.5, 0.6) is 0 Å². The fraction of sp³-hybridized carbons (Fsp3) is 0.696. The molecule has 2 aromatic rings. The maximum Gasteiger partial charge on any atom is 0.407 e. The molecule has 184 valence electrons. The highest BCUT2D eigenvalue weighted by atomic mass is 79.9. The second-order valence-electron chi connectivity index (χ2n) is 9.81. The number of nitrogens with zero attached hydrogens (tertiary/aromatic N) is 2. The Balaban J connectivity index is 0.000000203. The van der Waals surface area contributed by atoms with Crippen molar-refractivity contribution in [2.24, 2.45) is 5.73 Å². The van der Waals surface area contributed by atoms with Crippen molar-refractivity contribution in [3.8, 4) is 0 Å². The first-order chi connectivity index (χ1) is 15.6. The quantitative estimate of drug-likeness (QED) is 0.374. The monoisotopic (exact) mass is 620 g/mol. The van der Waals surface area contributed by atoms with E-state index in [-0.39, 0.29) is 12.1 Å². The van der Waals surface area contributed by atoms with Crippen molar-refractivity contribution in [1.82, 2.24) is 15.3 Å². The first kappa shape index (κ1) is 27.0. The van der Waals surface area contributed by atoms with Crippen molar-refractivity contribution >= 4 is 60.6 Å². The van der Waals surface area contributed by atoms with Crippen LogP contribution in [0.1, 0.15) is 94.0 Å². The Morgan fingerprint density at radius 1 is 0.939 bits per heavy atom. The summed E-state index contributed by atoms with van der Waals surface area (Å²) in [6, 6.07) is 0.657. The number of nitrogens with one attached hydrogen (secondary N) is 1. The van der Waals surface area contributed by atoms with Crippen LogP contribution in [0.4, 0.5) is 4.79 Å². The lowest BCUT2D eigenvalue weighted by molar-refractivity contribution is 0.0491. The molecule has 0 bridgehead atoms. The van der Waals surface area contributed by atoms with E-state index in [1.165, 1.54) is 22.9 Å². The van der Waals surface area contributed by atoms with Gasteiger partial charge in [-0.25, -0.2) is 14.8 Å². The largest absolute Gasteiger partial charge is 0.444 e. The van der Waals surface area contributed by atoms with Crippen molar-refractivity contribution in [2.75, 3.05) is 0 Å². The van der Waals surface area contributed by atoms with Crippen LogP contribution in [0, 0.1) is 0 Å². The molecule has 1 amide bonds. The summed E-state index contributed by atoms with van der Waals surface area (Å²) in [6.45, 7) is 5.64. The first-order valence-corrected chi connectivity index (χ1v) is 14.8. The Kier molecular flexibility index (Phi) is 10.2. The minimum absolute atomic E-state index is 0.226. The van der Waals surface area contributed by atoms with E-state index >= 15 is 0 Å². The average Bonchev–Trinajstić information content (AvgIpc) is 3.37. The van der Waals surface area contributed by atoms with Gasteiger partial charge in [-0.2, -0.15) is 0 Å². The molecule has 0 radical (unpaired) electrons. The van der Waals surface area contributed by atoms with Crippen LogP contribution in [0.15, 0.2) is 20.0 Å². The molecule has 4 rings (SSSR count). The molecule has 2 aliphatic carbocycles. The number of carbonyl (C=O) groups is 1. The third-order valence-electron chi connectivity index (χ3n) is 5.91. The third-order valence-corrected chi connectivity index (χ3v) is 9.19. The molecule has 0 spiro atoms. The first-order valence-electron chi connectivity index (χ1n) is 11.6. The van der Waals surface area contributed by atoms with Crippen LogP contribution >= 0.6 is 54.5 Å². The van der Waals surface area contributed by atoms with Crippen LogP contribution in [-0.2, 0) is 4.74 Å². The molecule has 2 fully saturated rings. The van der Waals surface area contributed by atoms with E-state index in [0.29, 0.717) is 17.9 Å². The van der Waals surface area contributed by atoms with Gasteiger partial charge in [-0.15, -0.1) is 22.7 Å². The van der Waals surface area contributed by atoms with Crippen molar-refractivity contribution in [2.45, 2.75) is 102 Å². The van der Waals surface area contributed by atoms with Gasteiger partial charge in [0.2, 0.25) is 0 Å². The number of ether oxygens (including phenoxy) is 1. The molecular weight excluding hydrogens is 588 g/mol. The van der Waals surface area contributed by atoms with E-state index in [9.17, 15) is 4.79 Å². The van der Waals surface area contributed by atoms with Crippen LogP contribution in [-0.4, -0.2) is 33.7 Å². The summed E-state index contributed by atoms with van der Waals surface area (Å²) in [4.78, 5) is 20.6. The number of hydrogen-bond donors (Lipinski definition) is 2. The van der Waals surface area contributed by atoms with Crippen molar-refractivity contribution in [3.63, 3.8) is 0 Å². The van der Waals surface area contributed by atoms with Gasteiger partial charge in [0.1, 0.15) is 5.60 Å². The molecule has 2 saturated carbocycles. The van der Waals surface area contributed by atoms with Gasteiger partial charge >= 0.3 is 6.09 Å². The number of halogens is 2. The molecule has 2 aliphatic rings. The standard InChI is InChI=1S/C14H21BrN2O2S.C9H13BrN2S/c1-14(2,3)19-13(18)17-10-6-4-9(5-7-10)12-16-8-11(15)20-12;10-8-5-12-9(13-8)6-1-3-7(11)4-2-6/h8-10H,4-7H2,1-3H3,(H,17,18);5-7H,1-4,11H2. The highest BCUT2D eigenvalue weighted by Crippen LogP contribution is 2.37. The highest BCUT2D eigenvalue weighted by molar-refractivity contribution is 9.11. The van der Waals surface area contributed by atoms with Gasteiger partial charge < -0.3 is 15.8 Å². The second-order valence-corrected chi connectivity index (χ2v) is 14.7. The summed E-state index contributed by atoms with van der Waals surface area (Å²) >= 11 is 10.4. The number of hydrogen-bond acceptors (Lipinski definition) is 7. The smallest absolute Gasteiger partial charge is 0.407 e. The van der Waals surface area contributed by atoms with E-state index in [1.54, 1.807) is 22.7 Å². The van der Waals surface area contributed by atoms with Crippen LogP contribution in [0.3, 0.4) is 0 Å². The molecule has 2 heterocycles. The predicted octanol–water partition coefficient (Wildman–Crippen LogP) is 7.35. The summed E-state index contributed by atoms with van der Waals surface area (Å²) in [6.07, 6.45) is 12.3. The molecule has 0 atom stereocenters. The number of nitrogens with two attached hydrogens (primary N) is 1. The van der Waals surface area contributed by atoms with Gasteiger partial charge in [0.05, 0.1) is 30.0 Å². The van der Waals surface area contributed by atoms with Crippen LogP contribution < -0.4 is 11.1 Å². The van der Waals surface area contributed by atoms with E-state index in [0.717, 1.165) is 46.1 Å². The van der Waals surface area contributed by atoms with Gasteiger partial charge in [0, 0.05) is 23.9 Å². The Hall–Kier alpha value is -0.550. The van der Waals surface area contributed by atoms with Crippen LogP contribution in [0.2, 0.25) is 0 Å². The maximum absolute atomic E-state index is 11.7. The lowest BCUT2D eigenvalue weighted by Gasteiger charge is -2.29. The number of aromatic nitrogens is 2. The van der Waals surface area contributed by atoms with Crippen molar-refractivity contribution < 1.29 is 9.53 Å². The van der Waals surface area contributed by atoms with E-state index in [4.69, 9.17) is 10.5 Å². The summed E-state index contributed by atoms with van der Waals surface area (Å²) in [5.41, 5.74) is 5.42. The normalized spacial score (nSPS) is 25.6. The zero-order chi connectivity index (χ0) is 24.0. The van der Waals surface area contributed by atoms with Gasteiger partial charge in [-0.3, -0.25) is 0 Å². The van der Waals surface area contributed by atoms with Gasteiger partial charge in [0.15, 0.2) is 0 Å². The number of amides is 1. The van der Waals surface area contributed by atoms with Gasteiger partial charge in [-0.05, 0) is 104 Å². The Bertz CT molecular complexity index is 883. The number of rotatable bonds is 3. The molecule has 2 aromatic heterocycles. The zero-order valence-electron chi connectivity index (χ0n) is 19.5. The Labute approximate surface area is 221 Å². The number of carbonyl (C=O) groups excluding carboxylic acids is 1. The topological polar surface area (TPSA) is 90.1 Å². The van der Waals surface area contributed by atoms with Gasteiger partial charge in [-0.1, -0.05) is 0 Å². The summed E-state index contributed by atoms with van der Waals surface area (Å²) in [7, 11) is 0. The lowest BCUT2D eigenvalue weighted by atomic mass is 9.86. The predicted molar refractivity (Wildman–Crippen MR) is 143 cm³/mol. The Morgan fingerprint density at radius 2 is 1.39 bits per heavy atom. The minimum Gasteiger partial charge on any atom is -0.444 e. The fourth-order valence-electron chi connectivity index (χ4n) is 4.24. The van der Waals surface area contributed by atoms with Crippen molar-refractivity contribution in [3.05, 3.63) is 30.0 Å². The van der Waals surface area contributed by atoms with E-state index < -0.39 is 5.60 Å². The van der Waals surface area contributed by atoms with Crippen molar-refractivity contribution in [1.29, 1.82) is 0 Å². The minimum atomic E-state index is -0.436. The van der Waals surface area contributed by atoms with E-state index in [1.807, 2.05) is 33.2 Å². The summed E-state index contributed by atoms with van der Waals surface area (Å²) in [5, 5.41) is 5.44. The molecule has 6 nitrogen and oxygen atoms in total. The lowest BCUT2D eigenvalue weighted by Crippen LogP contribution is -2.40. The maximum atomic E-state index is 11.7. The highest BCUT2D eigenvalue weighted by Gasteiger charge is 2.27. The molecule has 0 unspecified atom stereocenters. The SMILES string of the molecule is CC(C)(C)OC(=O)NC1CCC(c2ncc(Br)s2)CC1.NC1CCC(c2ncc(Br)s2)CC1. The fourth-order valence-corrected chi connectivity index (χ4v) is 7.06. The summed E-state index contributed by atoms with van der Waals surface area (Å²) < 4.78 is 7.51. The number of alkyl carbamates (subject to hydrolysis) is 1. The number of thiazole rings is 2. The molecule has 0 aliphatic heterocycles. The van der Waals surface area contributed by atoms with Crippen LogP contribution in [0.25, 0.3) is 0 Å². The molecule has 0 saturated heterocycles. The molecular formula is C23H34Br2N4O2S2. The second kappa shape index (κ2) is 12.4. The molecule has 0 aromatic carbocycles.